The van der Waals surface area contributed by atoms with Crippen LogP contribution in [0.3, 0.4) is 0 Å². The molecule has 2 aromatic carbocycles. The van der Waals surface area contributed by atoms with E-state index in [4.69, 9.17) is 11.6 Å². The number of nitrogens with zero attached hydrogens (tertiary/aromatic N) is 6. The van der Waals surface area contributed by atoms with Gasteiger partial charge in [0.05, 0.1) is 17.6 Å². The molecule has 0 radical (unpaired) electrons. The normalized spacial score (nSPS) is 18.1. The zero-order chi connectivity index (χ0) is 26.7. The van der Waals surface area contributed by atoms with Crippen molar-refractivity contribution < 1.29 is 14.6 Å². The number of rotatable bonds is 4. The van der Waals surface area contributed by atoms with Crippen LogP contribution in [0.2, 0.25) is 5.02 Å². The number of tetrazole rings is 1. The first-order valence-corrected chi connectivity index (χ1v) is 12.8. The van der Waals surface area contributed by atoms with Crippen molar-refractivity contribution in [2.24, 2.45) is 0 Å². The Balaban J connectivity index is 1.26. The van der Waals surface area contributed by atoms with Crippen molar-refractivity contribution in [2.45, 2.75) is 31.3 Å². The summed E-state index contributed by atoms with van der Waals surface area (Å²) < 4.78 is 2.21. The summed E-state index contributed by atoms with van der Waals surface area (Å²) in [6.45, 7) is 0. The van der Waals surface area contributed by atoms with E-state index in [0.29, 0.717) is 57.1 Å². The number of amides is 1. The Morgan fingerprint density at radius 2 is 1.97 bits per heavy atom. The number of fused-ring (bicyclic) bond motifs is 2. The number of carbonyl (C=O) groups excluding carboxylic acids is 1. The average Bonchev–Trinajstić information content (AvgIpc) is 3.70. The molecular formula is C27H21ClN8O3. The van der Waals surface area contributed by atoms with Crippen LogP contribution in [0, 0.1) is 5.21 Å². The molecule has 39 heavy (non-hydrogen) atoms. The highest BCUT2D eigenvalue weighted by Gasteiger charge is 2.48. The summed E-state index contributed by atoms with van der Waals surface area (Å²) in [5.74, 6) is 0.275. The van der Waals surface area contributed by atoms with Gasteiger partial charge in [-0.2, -0.15) is 9.41 Å². The molecule has 0 fully saturated rings. The Bertz CT molecular complexity index is 1770. The smallest absolute Gasteiger partial charge is 0.235 e. The van der Waals surface area contributed by atoms with Gasteiger partial charge in [-0.3, -0.25) is 4.79 Å². The van der Waals surface area contributed by atoms with E-state index in [1.54, 1.807) is 24.4 Å². The lowest BCUT2D eigenvalue weighted by Crippen LogP contribution is -2.42. The number of aromatic amines is 1. The van der Waals surface area contributed by atoms with Crippen LogP contribution in [0.4, 0.5) is 5.69 Å². The van der Waals surface area contributed by atoms with E-state index < -0.39 is 5.60 Å². The lowest BCUT2D eigenvalue weighted by atomic mass is 9.98. The molecule has 3 aromatic heterocycles. The molecule has 5 aromatic rings. The summed E-state index contributed by atoms with van der Waals surface area (Å²) in [6, 6.07) is 13.0. The van der Waals surface area contributed by atoms with Crippen LogP contribution in [-0.4, -0.2) is 41.2 Å². The molecule has 0 saturated heterocycles. The summed E-state index contributed by atoms with van der Waals surface area (Å²) in [4.78, 5) is 19.5. The van der Waals surface area contributed by atoms with Gasteiger partial charge < -0.3 is 20.6 Å². The maximum absolute atomic E-state index is 13.4. The first-order valence-electron chi connectivity index (χ1n) is 12.4. The number of anilines is 1. The molecule has 1 amide bonds. The predicted octanol–water partition coefficient (Wildman–Crippen LogP) is 3.07. The highest BCUT2D eigenvalue weighted by molar-refractivity contribution is 6.31. The molecule has 1 aliphatic carbocycles. The highest BCUT2D eigenvalue weighted by Crippen LogP contribution is 2.41. The number of halogens is 1. The Morgan fingerprint density at radius 3 is 2.82 bits per heavy atom. The first kappa shape index (κ1) is 23.5. The molecule has 0 bridgehead atoms. The maximum Gasteiger partial charge on any atom is 0.235 e. The molecule has 0 spiro atoms. The van der Waals surface area contributed by atoms with Crippen LogP contribution < -0.4 is 10.0 Å². The average molecular weight is 541 g/mol. The number of hydrogen-bond acceptors (Lipinski definition) is 7. The minimum atomic E-state index is -1.59. The first-order chi connectivity index (χ1) is 18.9. The molecule has 7 rings (SSSR count). The van der Waals surface area contributed by atoms with Crippen LogP contribution in [-0.2, 0) is 23.2 Å². The predicted molar refractivity (Wildman–Crippen MR) is 141 cm³/mol. The second kappa shape index (κ2) is 8.72. The highest BCUT2D eigenvalue weighted by atomic mass is 35.5. The van der Waals surface area contributed by atoms with Crippen molar-refractivity contribution in [1.29, 1.82) is 0 Å². The minimum absolute atomic E-state index is 0.0101. The van der Waals surface area contributed by atoms with Crippen molar-refractivity contribution in [3.63, 3.8) is 0 Å². The van der Waals surface area contributed by atoms with Gasteiger partial charge in [0.1, 0.15) is 12.2 Å². The van der Waals surface area contributed by atoms with Gasteiger partial charge in [-0.15, -0.1) is 5.10 Å². The van der Waals surface area contributed by atoms with Gasteiger partial charge in [-0.1, -0.05) is 23.7 Å². The Kier molecular flexibility index (Phi) is 5.25. The van der Waals surface area contributed by atoms with Gasteiger partial charge >= 0.3 is 0 Å². The Labute approximate surface area is 226 Å². The van der Waals surface area contributed by atoms with Gasteiger partial charge in [-0.05, 0) is 65.6 Å². The summed E-state index contributed by atoms with van der Waals surface area (Å²) in [5.41, 5.74) is 4.65. The summed E-state index contributed by atoms with van der Waals surface area (Å²) in [5, 5.41) is 40.0. The molecule has 11 nitrogen and oxygen atoms in total. The molecule has 2 aliphatic rings. The van der Waals surface area contributed by atoms with Gasteiger partial charge in [0.25, 0.3) is 0 Å². The fourth-order valence-corrected chi connectivity index (χ4v) is 5.68. The summed E-state index contributed by atoms with van der Waals surface area (Å²) in [6.07, 6.45) is 6.45. The van der Waals surface area contributed by atoms with Crippen LogP contribution in [0.25, 0.3) is 28.1 Å². The third-order valence-corrected chi connectivity index (χ3v) is 7.64. The standard InChI is InChI=1S/C27H21ClN8O3/c28-19-4-5-23(35-14-30-33-34-35)20(11-19)18-9-17-7-8-27(38,25(17)36(39)13-18)26-29-12-22(32-26)16-2-1-15-3-6-24(37)31-21(15)10-16/h1-2,4-5,9-14,38H,3,6-8H2,(H,29,32)(H,31,37). The molecule has 4 heterocycles. The van der Waals surface area contributed by atoms with E-state index in [0.717, 1.165) is 16.8 Å². The summed E-state index contributed by atoms with van der Waals surface area (Å²) in [7, 11) is 0. The number of aliphatic hydroxyl groups is 1. The number of aryl methyl sites for hydroxylation is 2. The van der Waals surface area contributed by atoms with Gasteiger partial charge in [-0.25, -0.2) is 4.98 Å². The van der Waals surface area contributed by atoms with Crippen molar-refractivity contribution in [3.05, 3.63) is 94.1 Å². The van der Waals surface area contributed by atoms with Crippen molar-refractivity contribution in [2.75, 3.05) is 5.32 Å². The minimum Gasteiger partial charge on any atom is -0.618 e. The van der Waals surface area contributed by atoms with Crippen molar-refractivity contribution >= 4 is 23.2 Å². The van der Waals surface area contributed by atoms with Crippen LogP contribution in [0.5, 0.6) is 0 Å². The van der Waals surface area contributed by atoms with Gasteiger partial charge in [0.2, 0.25) is 17.2 Å². The number of carbonyl (C=O) groups is 1. The zero-order valence-electron chi connectivity index (χ0n) is 20.4. The van der Waals surface area contributed by atoms with Crippen molar-refractivity contribution in [3.8, 4) is 28.1 Å². The lowest BCUT2D eigenvalue weighted by Gasteiger charge is -2.20. The largest absolute Gasteiger partial charge is 0.618 e. The van der Waals surface area contributed by atoms with E-state index in [1.807, 2.05) is 24.3 Å². The fraction of sp³-hybridized carbons (Fsp3) is 0.185. The quantitative estimate of drug-likeness (QED) is 0.234. The summed E-state index contributed by atoms with van der Waals surface area (Å²) >= 11 is 6.29. The van der Waals surface area contributed by atoms with Crippen LogP contribution in [0.15, 0.2) is 61.2 Å². The lowest BCUT2D eigenvalue weighted by molar-refractivity contribution is -0.620. The maximum atomic E-state index is 13.4. The zero-order valence-corrected chi connectivity index (χ0v) is 21.2. The van der Waals surface area contributed by atoms with Crippen LogP contribution in [0.1, 0.15) is 35.5 Å². The fourth-order valence-electron chi connectivity index (χ4n) is 5.50. The third kappa shape index (κ3) is 3.85. The molecule has 1 unspecified atom stereocenters. The molecule has 1 aliphatic heterocycles. The number of hydrogen-bond donors (Lipinski definition) is 3. The van der Waals surface area contributed by atoms with E-state index in [-0.39, 0.29) is 23.8 Å². The molecule has 0 saturated carbocycles. The van der Waals surface area contributed by atoms with E-state index >= 15 is 0 Å². The van der Waals surface area contributed by atoms with Gasteiger partial charge in [0.15, 0.2) is 6.20 Å². The SMILES string of the molecule is O=C1CCc2ccc(-c3cnc(C4(O)CCc5cc(-c6cc(Cl)ccc6-n6cnnn6)c[n+]([O-])c54)[nH]3)cc2N1. The molecule has 3 N–H and O–H groups in total. The number of pyridine rings is 1. The van der Waals surface area contributed by atoms with Gasteiger partial charge in [0, 0.05) is 39.4 Å². The number of H-pyrrole nitrogens is 1. The van der Waals surface area contributed by atoms with Crippen LogP contribution >= 0.6 is 11.6 Å². The number of aromatic nitrogens is 7. The van der Waals surface area contributed by atoms with E-state index in [1.165, 1.54) is 17.2 Å². The molecular weight excluding hydrogens is 520 g/mol. The topological polar surface area (TPSA) is 149 Å². The van der Waals surface area contributed by atoms with Crippen molar-refractivity contribution in [1.82, 2.24) is 30.2 Å². The molecule has 194 valence electrons. The second-order valence-corrected chi connectivity index (χ2v) is 10.2. The van der Waals surface area contributed by atoms with E-state index in [2.05, 4.69) is 30.8 Å². The Morgan fingerprint density at radius 1 is 1.08 bits per heavy atom. The number of imidazole rings is 1. The number of nitrogens with one attached hydrogen (secondary N) is 2. The Hall–Kier alpha value is -4.61. The van der Waals surface area contributed by atoms with E-state index in [9.17, 15) is 15.1 Å². The second-order valence-electron chi connectivity index (χ2n) is 9.77. The number of benzene rings is 2. The third-order valence-electron chi connectivity index (χ3n) is 7.41. The molecule has 12 heteroatoms. The monoisotopic (exact) mass is 540 g/mol. The molecule has 1 atom stereocenters.